The van der Waals surface area contributed by atoms with Crippen LogP contribution < -0.4 is 9.62 Å². The highest BCUT2D eigenvalue weighted by Crippen LogP contribution is 2.29. The first kappa shape index (κ1) is 29.9. The van der Waals surface area contributed by atoms with Crippen LogP contribution >= 0.6 is 23.2 Å². The molecule has 7 nitrogen and oxygen atoms in total. The van der Waals surface area contributed by atoms with E-state index in [1.165, 1.54) is 23.1 Å². The van der Waals surface area contributed by atoms with Crippen LogP contribution in [0.15, 0.2) is 77.7 Å². The minimum atomic E-state index is -4.16. The molecule has 0 bridgehead atoms. The number of aryl methyl sites for hydroxylation is 1. The number of sulfonamides is 1. The molecule has 40 heavy (non-hydrogen) atoms. The number of halogens is 2. The first-order valence-corrected chi connectivity index (χ1v) is 15.4. The minimum Gasteiger partial charge on any atom is -0.352 e. The van der Waals surface area contributed by atoms with Crippen LogP contribution in [0.5, 0.6) is 0 Å². The number of benzene rings is 3. The number of amides is 2. The van der Waals surface area contributed by atoms with E-state index in [1.807, 2.05) is 6.92 Å². The van der Waals surface area contributed by atoms with Gasteiger partial charge in [-0.2, -0.15) is 0 Å². The smallest absolute Gasteiger partial charge is 0.264 e. The Morgan fingerprint density at radius 2 is 1.60 bits per heavy atom. The molecule has 0 aliphatic heterocycles. The van der Waals surface area contributed by atoms with Crippen molar-refractivity contribution in [3.05, 3.63) is 94.0 Å². The number of nitrogens with zero attached hydrogens (tertiary/aromatic N) is 2. The molecular weight excluding hydrogens is 569 g/mol. The van der Waals surface area contributed by atoms with Crippen molar-refractivity contribution in [3.63, 3.8) is 0 Å². The summed E-state index contributed by atoms with van der Waals surface area (Å²) in [4.78, 5) is 28.7. The standard InChI is InChI=1S/C30H33Cl2N3O4S/c1-21-16-17-25(18-28(21)32)35(40(38,39)26-13-4-3-5-14-26)20-29(36)34(19-23-10-6-9-15-27(23)31)22(2)30(37)33-24-11-7-8-12-24/h3-6,9-10,13-18,22,24H,7-8,11-12,19-20H2,1-2H3,(H,33,37). The Morgan fingerprint density at radius 3 is 2.25 bits per heavy atom. The fourth-order valence-corrected chi connectivity index (χ4v) is 6.57. The summed E-state index contributed by atoms with van der Waals surface area (Å²) in [5.41, 5.74) is 1.66. The summed E-state index contributed by atoms with van der Waals surface area (Å²) in [5.74, 6) is -0.839. The zero-order chi connectivity index (χ0) is 28.9. The number of hydrogen-bond donors (Lipinski definition) is 1. The fourth-order valence-electron chi connectivity index (χ4n) is 4.77. The highest BCUT2D eigenvalue weighted by atomic mass is 35.5. The number of carbonyl (C=O) groups excluding carboxylic acids is 2. The van der Waals surface area contributed by atoms with E-state index in [9.17, 15) is 18.0 Å². The summed E-state index contributed by atoms with van der Waals surface area (Å²) in [6.45, 7) is 2.95. The zero-order valence-electron chi connectivity index (χ0n) is 22.5. The SMILES string of the molecule is Cc1ccc(N(CC(=O)N(Cc2ccccc2Cl)C(C)C(=O)NC2CCCC2)S(=O)(=O)c2ccccc2)cc1Cl. The van der Waals surface area contributed by atoms with Crippen molar-refractivity contribution in [2.45, 2.75) is 63.1 Å². The van der Waals surface area contributed by atoms with Gasteiger partial charge in [0.15, 0.2) is 0 Å². The van der Waals surface area contributed by atoms with Crippen molar-refractivity contribution in [2.24, 2.45) is 0 Å². The van der Waals surface area contributed by atoms with Gasteiger partial charge in [0.25, 0.3) is 10.0 Å². The summed E-state index contributed by atoms with van der Waals surface area (Å²) >= 11 is 12.8. The number of anilines is 1. The molecule has 0 radical (unpaired) electrons. The van der Waals surface area contributed by atoms with Crippen LogP contribution in [-0.2, 0) is 26.2 Å². The van der Waals surface area contributed by atoms with Gasteiger partial charge in [-0.25, -0.2) is 8.42 Å². The van der Waals surface area contributed by atoms with Gasteiger partial charge in [0, 0.05) is 22.6 Å². The van der Waals surface area contributed by atoms with Crippen molar-refractivity contribution in [2.75, 3.05) is 10.8 Å². The predicted octanol–water partition coefficient (Wildman–Crippen LogP) is 5.97. The van der Waals surface area contributed by atoms with Crippen molar-refractivity contribution in [1.82, 2.24) is 10.2 Å². The maximum Gasteiger partial charge on any atom is 0.264 e. The molecule has 212 valence electrons. The van der Waals surface area contributed by atoms with Gasteiger partial charge >= 0.3 is 0 Å². The van der Waals surface area contributed by atoms with Gasteiger partial charge in [-0.15, -0.1) is 0 Å². The molecule has 0 saturated heterocycles. The lowest BCUT2D eigenvalue weighted by Gasteiger charge is -2.32. The minimum absolute atomic E-state index is 0.0316. The van der Waals surface area contributed by atoms with Crippen molar-refractivity contribution in [1.29, 1.82) is 0 Å². The molecular formula is C30H33Cl2N3O4S. The lowest BCUT2D eigenvalue weighted by molar-refractivity contribution is -0.139. The highest BCUT2D eigenvalue weighted by molar-refractivity contribution is 7.92. The van der Waals surface area contributed by atoms with Crippen LogP contribution in [-0.4, -0.2) is 43.8 Å². The Balaban J connectivity index is 1.70. The molecule has 1 saturated carbocycles. The summed E-state index contributed by atoms with van der Waals surface area (Å²) in [6, 6.07) is 19.0. The molecule has 2 amide bonds. The van der Waals surface area contributed by atoms with Crippen LogP contribution in [0.1, 0.15) is 43.7 Å². The third kappa shape index (κ3) is 6.97. The summed E-state index contributed by atoms with van der Waals surface area (Å²) in [5, 5.41) is 3.87. The molecule has 0 aromatic heterocycles. The van der Waals surface area contributed by atoms with E-state index in [1.54, 1.807) is 61.5 Å². The molecule has 1 aliphatic rings. The first-order valence-electron chi connectivity index (χ1n) is 13.2. The van der Waals surface area contributed by atoms with Crippen LogP contribution in [0.25, 0.3) is 0 Å². The average Bonchev–Trinajstić information content (AvgIpc) is 3.46. The van der Waals surface area contributed by atoms with Crippen LogP contribution in [0.4, 0.5) is 5.69 Å². The summed E-state index contributed by atoms with van der Waals surface area (Å²) in [6.07, 6.45) is 3.89. The van der Waals surface area contributed by atoms with Gasteiger partial charge in [0.05, 0.1) is 10.6 Å². The fraction of sp³-hybridized carbons (Fsp3) is 0.333. The molecule has 1 fully saturated rings. The highest BCUT2D eigenvalue weighted by Gasteiger charge is 2.33. The predicted molar refractivity (Wildman–Crippen MR) is 159 cm³/mol. The number of nitrogens with one attached hydrogen (secondary N) is 1. The summed E-state index contributed by atoms with van der Waals surface area (Å²) in [7, 11) is -4.16. The number of hydrogen-bond acceptors (Lipinski definition) is 4. The normalized spacial score (nSPS) is 14.5. The maximum atomic E-state index is 14.0. The number of carbonyl (C=O) groups is 2. The second-order valence-electron chi connectivity index (χ2n) is 10.0. The molecule has 10 heteroatoms. The Labute approximate surface area is 246 Å². The second-order valence-corrected chi connectivity index (χ2v) is 12.7. The van der Waals surface area contributed by atoms with Crippen LogP contribution in [0.2, 0.25) is 10.0 Å². The lowest BCUT2D eigenvalue weighted by atomic mass is 10.1. The molecule has 1 unspecified atom stereocenters. The van der Waals surface area contributed by atoms with E-state index in [0.717, 1.165) is 35.6 Å². The number of rotatable bonds is 10. The van der Waals surface area contributed by atoms with E-state index in [2.05, 4.69) is 5.32 Å². The summed E-state index contributed by atoms with van der Waals surface area (Å²) < 4.78 is 28.7. The second kappa shape index (κ2) is 13.1. The van der Waals surface area contributed by atoms with Crippen LogP contribution in [0.3, 0.4) is 0 Å². The van der Waals surface area contributed by atoms with E-state index >= 15 is 0 Å². The van der Waals surface area contributed by atoms with E-state index in [4.69, 9.17) is 23.2 Å². The molecule has 3 aromatic carbocycles. The van der Waals surface area contributed by atoms with Gasteiger partial charge < -0.3 is 10.2 Å². The zero-order valence-corrected chi connectivity index (χ0v) is 24.8. The molecule has 1 N–H and O–H groups in total. The molecule has 4 rings (SSSR count). The molecule has 3 aromatic rings. The maximum absolute atomic E-state index is 14.0. The molecule has 0 spiro atoms. The van der Waals surface area contributed by atoms with Gasteiger partial charge in [0.1, 0.15) is 12.6 Å². The molecule has 1 atom stereocenters. The molecule has 0 heterocycles. The van der Waals surface area contributed by atoms with Crippen molar-refractivity contribution >= 4 is 50.7 Å². The van der Waals surface area contributed by atoms with Crippen molar-refractivity contribution in [3.8, 4) is 0 Å². The third-order valence-electron chi connectivity index (χ3n) is 7.22. The molecule has 1 aliphatic carbocycles. The Bertz CT molecular complexity index is 1460. The van der Waals surface area contributed by atoms with E-state index in [0.29, 0.717) is 15.6 Å². The lowest BCUT2D eigenvalue weighted by Crippen LogP contribution is -2.52. The topological polar surface area (TPSA) is 86.8 Å². The Morgan fingerprint density at radius 1 is 0.950 bits per heavy atom. The van der Waals surface area contributed by atoms with Crippen LogP contribution in [0, 0.1) is 6.92 Å². The quantitative estimate of drug-likeness (QED) is 0.310. The van der Waals surface area contributed by atoms with Gasteiger partial charge in [0.2, 0.25) is 11.8 Å². The first-order chi connectivity index (χ1) is 19.1. The average molecular weight is 603 g/mol. The Hall–Kier alpha value is -3.07. The van der Waals surface area contributed by atoms with Gasteiger partial charge in [-0.3, -0.25) is 13.9 Å². The Kier molecular flexibility index (Phi) is 9.77. The van der Waals surface area contributed by atoms with E-state index < -0.39 is 28.5 Å². The van der Waals surface area contributed by atoms with E-state index in [-0.39, 0.29) is 29.1 Å². The third-order valence-corrected chi connectivity index (χ3v) is 9.78. The van der Waals surface area contributed by atoms with Gasteiger partial charge in [-0.05, 0) is 68.1 Å². The van der Waals surface area contributed by atoms with Gasteiger partial charge in [-0.1, -0.05) is 78.5 Å². The van der Waals surface area contributed by atoms with Crippen molar-refractivity contribution < 1.29 is 18.0 Å². The monoisotopic (exact) mass is 601 g/mol. The largest absolute Gasteiger partial charge is 0.352 e.